The minimum absolute atomic E-state index is 0.0620. The van der Waals surface area contributed by atoms with Crippen molar-refractivity contribution in [2.45, 2.75) is 112 Å². The zero-order chi connectivity index (χ0) is 24.5. The number of aliphatic hydroxyl groups is 3. The summed E-state index contributed by atoms with van der Waals surface area (Å²) in [6, 6.07) is -2.11. The average Bonchev–Trinajstić information content (AvgIpc) is 2.76. The third-order valence-electron chi connectivity index (χ3n) is 7.24. The molecule has 33 heavy (non-hydrogen) atoms. The highest BCUT2D eigenvalue weighted by Gasteiger charge is 2.50. The lowest BCUT2D eigenvalue weighted by atomic mass is 9.84. The molecule has 2 saturated heterocycles. The maximum absolute atomic E-state index is 11.1. The molecule has 3 fully saturated rings. The monoisotopic (exact) mass is 477 g/mol. The predicted octanol–water partition coefficient (Wildman–Crippen LogP) is -3.33. The Balaban J connectivity index is 1.68. The molecule has 0 amide bonds. The highest BCUT2D eigenvalue weighted by molar-refractivity contribution is 5.02. The predicted molar refractivity (Wildman–Crippen MR) is 120 cm³/mol. The van der Waals surface area contributed by atoms with Gasteiger partial charge in [-0.1, -0.05) is 0 Å². The number of hydrogen-bond acceptors (Lipinski definition) is 12. The van der Waals surface area contributed by atoms with Crippen molar-refractivity contribution in [2.75, 3.05) is 20.7 Å². The van der Waals surface area contributed by atoms with Crippen LogP contribution in [0.4, 0.5) is 0 Å². The fourth-order valence-electron chi connectivity index (χ4n) is 5.04. The number of hydrogen-bond donors (Lipinski definition) is 8. The molecule has 0 aromatic heterocycles. The maximum Gasteiger partial charge on any atom is 0.185 e. The summed E-state index contributed by atoms with van der Waals surface area (Å²) in [5.74, 6) is 0. The second-order valence-corrected chi connectivity index (χ2v) is 9.91. The van der Waals surface area contributed by atoms with E-state index in [1.807, 2.05) is 14.0 Å². The van der Waals surface area contributed by atoms with E-state index in [4.69, 9.17) is 36.1 Å². The van der Waals surface area contributed by atoms with Gasteiger partial charge < -0.3 is 62.1 Å². The van der Waals surface area contributed by atoms with Crippen molar-refractivity contribution in [3.05, 3.63) is 0 Å². The minimum atomic E-state index is -1.29. The molecule has 2 aliphatic heterocycles. The lowest BCUT2D eigenvalue weighted by Crippen LogP contribution is -2.68. The fraction of sp³-hybridized carbons (Fsp3) is 1.00. The maximum atomic E-state index is 11.1. The summed E-state index contributed by atoms with van der Waals surface area (Å²) in [6.45, 7) is 3.52. The zero-order valence-corrected chi connectivity index (χ0v) is 20.0. The number of rotatable bonds is 7. The zero-order valence-electron chi connectivity index (χ0n) is 20.0. The summed E-state index contributed by atoms with van der Waals surface area (Å²) < 4.78 is 23.7. The van der Waals surface area contributed by atoms with Gasteiger partial charge in [0, 0.05) is 18.1 Å². The van der Waals surface area contributed by atoms with Crippen molar-refractivity contribution < 1.29 is 34.3 Å². The number of aliphatic hydroxyl groups excluding tert-OH is 2. The number of ether oxygens (including phenoxy) is 4. The fourth-order valence-corrected chi connectivity index (χ4v) is 5.04. The van der Waals surface area contributed by atoms with Crippen molar-refractivity contribution in [3.8, 4) is 0 Å². The van der Waals surface area contributed by atoms with Crippen LogP contribution in [-0.2, 0) is 18.9 Å². The average molecular weight is 478 g/mol. The Kier molecular flexibility index (Phi) is 9.09. The first kappa shape index (κ1) is 27.1. The van der Waals surface area contributed by atoms with Crippen LogP contribution in [0.2, 0.25) is 0 Å². The van der Waals surface area contributed by atoms with E-state index >= 15 is 0 Å². The van der Waals surface area contributed by atoms with Crippen molar-refractivity contribution in [2.24, 2.45) is 17.2 Å². The Labute approximate surface area is 195 Å². The summed E-state index contributed by atoms with van der Waals surface area (Å²) in [7, 11) is 3.49. The third kappa shape index (κ3) is 5.85. The highest BCUT2D eigenvalue weighted by atomic mass is 16.7. The van der Waals surface area contributed by atoms with Crippen molar-refractivity contribution in [3.63, 3.8) is 0 Å². The molecule has 1 aliphatic carbocycles. The van der Waals surface area contributed by atoms with Gasteiger partial charge in [-0.15, -0.1) is 0 Å². The van der Waals surface area contributed by atoms with Crippen LogP contribution >= 0.6 is 0 Å². The molecular weight excluding hydrogens is 434 g/mol. The Morgan fingerprint density at radius 3 is 2.15 bits per heavy atom. The third-order valence-corrected chi connectivity index (χ3v) is 7.24. The normalized spacial score (nSPS) is 50.2. The molecule has 2 heterocycles. The Morgan fingerprint density at radius 1 is 0.970 bits per heavy atom. The first-order valence-corrected chi connectivity index (χ1v) is 11.8. The topological polar surface area (TPSA) is 200 Å². The quantitative estimate of drug-likeness (QED) is 0.182. The van der Waals surface area contributed by atoms with Crippen molar-refractivity contribution >= 4 is 0 Å². The lowest BCUT2D eigenvalue weighted by Gasteiger charge is -2.48. The molecule has 12 heteroatoms. The van der Waals surface area contributed by atoms with Crippen LogP contribution in [-0.4, -0.2) is 115 Å². The van der Waals surface area contributed by atoms with Crippen LogP contribution in [0.25, 0.3) is 0 Å². The molecule has 1 saturated carbocycles. The molecule has 0 bridgehead atoms. The van der Waals surface area contributed by atoms with E-state index in [-0.39, 0.29) is 24.8 Å². The van der Waals surface area contributed by atoms with Crippen LogP contribution in [0.1, 0.15) is 33.1 Å². The van der Waals surface area contributed by atoms with Crippen molar-refractivity contribution in [1.82, 2.24) is 10.6 Å². The molecule has 194 valence electrons. The van der Waals surface area contributed by atoms with E-state index in [0.29, 0.717) is 12.8 Å². The van der Waals surface area contributed by atoms with Crippen LogP contribution in [0.15, 0.2) is 0 Å². The van der Waals surface area contributed by atoms with Gasteiger partial charge in [0.2, 0.25) is 0 Å². The Bertz CT molecular complexity index is 632. The van der Waals surface area contributed by atoms with Gasteiger partial charge in [-0.05, 0) is 47.2 Å². The second kappa shape index (κ2) is 11.1. The lowest BCUT2D eigenvalue weighted by molar-refractivity contribution is -0.307. The van der Waals surface area contributed by atoms with E-state index < -0.39 is 60.7 Å². The van der Waals surface area contributed by atoms with Gasteiger partial charge in [0.15, 0.2) is 12.6 Å². The first-order valence-electron chi connectivity index (χ1n) is 11.8. The Hall–Kier alpha value is -0.480. The molecule has 0 spiro atoms. The molecule has 0 radical (unpaired) electrons. The highest BCUT2D eigenvalue weighted by Crippen LogP contribution is 2.31. The number of nitrogens with two attached hydrogens (primary N) is 3. The van der Waals surface area contributed by atoms with Crippen LogP contribution in [0, 0.1) is 0 Å². The van der Waals surface area contributed by atoms with Gasteiger partial charge in [0.1, 0.15) is 30.0 Å². The van der Waals surface area contributed by atoms with E-state index in [9.17, 15) is 15.3 Å². The number of nitrogens with one attached hydrogen (secondary N) is 2. The van der Waals surface area contributed by atoms with E-state index in [1.54, 1.807) is 14.0 Å². The van der Waals surface area contributed by atoms with Crippen LogP contribution in [0.5, 0.6) is 0 Å². The van der Waals surface area contributed by atoms with Gasteiger partial charge >= 0.3 is 0 Å². The molecular formula is C21H43N5O7. The smallest absolute Gasteiger partial charge is 0.185 e. The molecule has 0 aromatic rings. The van der Waals surface area contributed by atoms with Crippen LogP contribution in [0.3, 0.4) is 0 Å². The molecule has 13 atom stereocenters. The SMILES string of the molecule is CN[C@@H]1[C@@H](O)C(O[C@@H]2[C@@H](O)[C@H](O[C@H]3O[C@H]([C@@H](C)NC)CC[C@H]3N)[C@@H](N)C[C@H]2N)OC[C@]1(C)O. The van der Waals surface area contributed by atoms with Gasteiger partial charge in [-0.25, -0.2) is 0 Å². The Morgan fingerprint density at radius 2 is 1.58 bits per heavy atom. The van der Waals surface area contributed by atoms with Crippen LogP contribution < -0.4 is 27.8 Å². The summed E-state index contributed by atoms with van der Waals surface area (Å²) in [4.78, 5) is 0. The molecule has 3 aliphatic rings. The van der Waals surface area contributed by atoms with E-state index in [2.05, 4.69) is 10.6 Å². The standard InChI is InChI=1S/C21H43N5O7/c1-9(25-3)13-6-5-10(22)19(31-13)32-16-11(23)7-12(24)17(14(16)27)33-20-15(28)18(26-4)21(2,29)8-30-20/h9-20,25-29H,5-8,22-24H2,1-4H3/t9-,10-,11+,12-,13+,14+,15-,16-,17+,18-,19-,20?,21+/m1/s1. The summed E-state index contributed by atoms with van der Waals surface area (Å²) in [6.07, 6.45) is -4.22. The first-order chi connectivity index (χ1) is 15.5. The van der Waals surface area contributed by atoms with Gasteiger partial charge in [-0.2, -0.15) is 0 Å². The largest absolute Gasteiger partial charge is 0.388 e. The summed E-state index contributed by atoms with van der Waals surface area (Å²) >= 11 is 0. The molecule has 12 nitrogen and oxygen atoms in total. The number of likely N-dealkylation sites (N-methyl/N-ethyl adjacent to an activating group) is 2. The minimum Gasteiger partial charge on any atom is -0.388 e. The molecule has 3 rings (SSSR count). The summed E-state index contributed by atoms with van der Waals surface area (Å²) in [5, 5.41) is 38.3. The molecule has 11 N–H and O–H groups in total. The van der Waals surface area contributed by atoms with Gasteiger partial charge in [-0.3, -0.25) is 0 Å². The van der Waals surface area contributed by atoms with Gasteiger partial charge in [0.05, 0.1) is 24.8 Å². The van der Waals surface area contributed by atoms with Crippen molar-refractivity contribution in [1.29, 1.82) is 0 Å². The molecule has 1 unspecified atom stereocenters. The van der Waals surface area contributed by atoms with E-state index in [0.717, 1.165) is 6.42 Å². The van der Waals surface area contributed by atoms with E-state index in [1.165, 1.54) is 0 Å². The summed E-state index contributed by atoms with van der Waals surface area (Å²) in [5.41, 5.74) is 17.5. The molecule has 0 aromatic carbocycles. The van der Waals surface area contributed by atoms with Gasteiger partial charge in [0.25, 0.3) is 0 Å². The second-order valence-electron chi connectivity index (χ2n) is 9.91.